The number of benzene rings is 1. The summed E-state index contributed by atoms with van der Waals surface area (Å²) in [6, 6.07) is 8.25. The van der Waals surface area contributed by atoms with E-state index in [4.69, 9.17) is 15.6 Å². The van der Waals surface area contributed by atoms with E-state index in [-0.39, 0.29) is 41.2 Å². The average molecular weight is 595 g/mol. The number of aromatic nitrogens is 5. The van der Waals surface area contributed by atoms with Gasteiger partial charge in [-0.2, -0.15) is 18.3 Å². The second kappa shape index (κ2) is 10.2. The molecule has 1 aromatic carbocycles. The molecular formula is C29H29F3N8O3. The number of nitrogen functional groups attached to an aromatic ring is 1. The molecule has 2 aliphatic rings. The Kier molecular flexibility index (Phi) is 6.74. The number of hydrogen-bond acceptors (Lipinski definition) is 8. The normalized spacial score (nSPS) is 20.0. The highest BCUT2D eigenvalue weighted by Crippen LogP contribution is 2.46. The number of ether oxygens (including phenoxy) is 1. The summed E-state index contributed by atoms with van der Waals surface area (Å²) in [5.74, 6) is -0.0438. The molecule has 0 radical (unpaired) electrons. The minimum absolute atomic E-state index is 0.113. The summed E-state index contributed by atoms with van der Waals surface area (Å²) < 4.78 is 46.0. The number of fused-ring (bicyclic) bond motifs is 3. The summed E-state index contributed by atoms with van der Waals surface area (Å²) in [5.41, 5.74) is 6.53. The van der Waals surface area contributed by atoms with Crippen LogP contribution in [0.1, 0.15) is 55.7 Å². The van der Waals surface area contributed by atoms with Gasteiger partial charge in [0.15, 0.2) is 5.65 Å². The smallest absolute Gasteiger partial charge is 0.433 e. The number of hydrogen-bond donors (Lipinski definition) is 2. The zero-order valence-electron chi connectivity index (χ0n) is 23.6. The second-order valence-corrected chi connectivity index (χ2v) is 11.8. The van der Waals surface area contributed by atoms with Gasteiger partial charge in [-0.15, -0.1) is 0 Å². The zero-order chi connectivity index (χ0) is 30.7. The number of pyridine rings is 1. The maximum Gasteiger partial charge on any atom is 0.433 e. The molecule has 224 valence electrons. The number of carbonyl (C=O) groups is 2. The van der Waals surface area contributed by atoms with Gasteiger partial charge in [0.2, 0.25) is 0 Å². The molecule has 11 nitrogen and oxygen atoms in total. The number of nitrogens with one attached hydrogen (secondary N) is 1. The minimum atomic E-state index is -4.58. The topological polar surface area (TPSA) is 141 Å². The van der Waals surface area contributed by atoms with E-state index >= 15 is 0 Å². The van der Waals surface area contributed by atoms with Crippen molar-refractivity contribution >= 4 is 34.5 Å². The number of rotatable bonds is 4. The van der Waals surface area contributed by atoms with Gasteiger partial charge >= 0.3 is 12.3 Å². The van der Waals surface area contributed by atoms with Crippen molar-refractivity contribution in [2.75, 3.05) is 17.6 Å². The lowest BCUT2D eigenvalue weighted by molar-refractivity contribution is -0.141. The minimum Gasteiger partial charge on any atom is -0.444 e. The first-order chi connectivity index (χ1) is 20.3. The van der Waals surface area contributed by atoms with Crippen LogP contribution in [0.2, 0.25) is 0 Å². The highest BCUT2D eigenvalue weighted by atomic mass is 19.4. The fourth-order valence-electron chi connectivity index (χ4n) is 5.86. The van der Waals surface area contributed by atoms with Crippen LogP contribution in [0.25, 0.3) is 22.3 Å². The van der Waals surface area contributed by atoms with E-state index in [0.29, 0.717) is 28.8 Å². The number of nitrogens with two attached hydrogens (primary N) is 1. The fourth-order valence-corrected chi connectivity index (χ4v) is 5.86. The molecule has 0 spiro atoms. The molecule has 2 bridgehead atoms. The average Bonchev–Trinajstić information content (AvgIpc) is 3.65. The predicted molar refractivity (Wildman–Crippen MR) is 151 cm³/mol. The van der Waals surface area contributed by atoms with Gasteiger partial charge in [0, 0.05) is 17.7 Å². The fraction of sp³-hybridized carbons (Fsp3) is 0.379. The van der Waals surface area contributed by atoms with Crippen molar-refractivity contribution in [3.63, 3.8) is 0 Å². The molecule has 3 N–H and O–H groups in total. The first kappa shape index (κ1) is 28.4. The van der Waals surface area contributed by atoms with Crippen molar-refractivity contribution in [2.24, 2.45) is 5.92 Å². The van der Waals surface area contributed by atoms with E-state index in [0.717, 1.165) is 31.2 Å². The summed E-state index contributed by atoms with van der Waals surface area (Å²) in [6.07, 6.45) is -1.02. The maximum absolute atomic E-state index is 13.0. The standard InChI is InChI=1S/C29H29F3N8O3/c1-28(2,3)43-27(42)39-13-15-9-19(39)20(10-15)40-25-22(24(33)35-14-36-25)23(38-40)16-5-4-6-17(11-16)26(41)37-18-7-8-21(34-12-18)29(30,31)32/h4-8,11-12,14-15,19-20H,9-10,13H2,1-3H3,(H,37,41)(H2,33,35,36)/t15-,19?,20?/m1/s1. The Morgan fingerprint density at radius 1 is 1.05 bits per heavy atom. The molecule has 2 amide bonds. The van der Waals surface area contributed by atoms with Gasteiger partial charge in [0.1, 0.15) is 29.1 Å². The van der Waals surface area contributed by atoms with Crippen molar-refractivity contribution < 1.29 is 27.5 Å². The lowest BCUT2D eigenvalue weighted by Crippen LogP contribution is -2.45. The summed E-state index contributed by atoms with van der Waals surface area (Å²) >= 11 is 0. The number of halogens is 3. The number of anilines is 2. The van der Waals surface area contributed by atoms with Gasteiger partial charge in [-0.3, -0.25) is 4.79 Å². The summed E-state index contributed by atoms with van der Waals surface area (Å²) in [5, 5.41) is 8.00. The van der Waals surface area contributed by atoms with Crippen LogP contribution in [0.3, 0.4) is 0 Å². The Balaban J connectivity index is 1.31. The van der Waals surface area contributed by atoms with Gasteiger partial charge in [-0.1, -0.05) is 12.1 Å². The van der Waals surface area contributed by atoms with E-state index in [1.54, 1.807) is 33.8 Å². The Hall–Kier alpha value is -4.75. The first-order valence-electron chi connectivity index (χ1n) is 13.7. The molecule has 3 aromatic heterocycles. The van der Waals surface area contributed by atoms with Gasteiger partial charge in [0.05, 0.1) is 29.4 Å². The quantitative estimate of drug-likeness (QED) is 0.324. The monoisotopic (exact) mass is 594 g/mol. The van der Waals surface area contributed by atoms with E-state index in [2.05, 4.69) is 20.3 Å². The predicted octanol–water partition coefficient (Wildman–Crippen LogP) is 5.31. The van der Waals surface area contributed by atoms with Crippen molar-refractivity contribution in [1.29, 1.82) is 0 Å². The van der Waals surface area contributed by atoms with E-state index in [1.807, 2.05) is 20.8 Å². The number of nitrogens with zero attached hydrogens (tertiary/aromatic N) is 6. The van der Waals surface area contributed by atoms with Gasteiger partial charge in [0.25, 0.3) is 5.91 Å². The van der Waals surface area contributed by atoms with Crippen molar-refractivity contribution in [1.82, 2.24) is 29.6 Å². The number of alkyl halides is 3. The lowest BCUT2D eigenvalue weighted by atomic mass is 10.1. The summed E-state index contributed by atoms with van der Waals surface area (Å²) in [4.78, 5) is 39.8. The van der Waals surface area contributed by atoms with Crippen LogP contribution in [-0.2, 0) is 10.9 Å². The highest BCUT2D eigenvalue weighted by Gasteiger charge is 2.50. The molecule has 1 aliphatic heterocycles. The zero-order valence-corrected chi connectivity index (χ0v) is 23.6. The van der Waals surface area contributed by atoms with Gasteiger partial charge in [-0.25, -0.2) is 24.4 Å². The highest BCUT2D eigenvalue weighted by molar-refractivity contribution is 6.06. The van der Waals surface area contributed by atoms with E-state index in [1.165, 1.54) is 6.33 Å². The van der Waals surface area contributed by atoms with Crippen LogP contribution in [0.4, 0.5) is 29.5 Å². The van der Waals surface area contributed by atoms with Crippen molar-refractivity contribution in [3.05, 3.63) is 60.2 Å². The van der Waals surface area contributed by atoms with Crippen molar-refractivity contribution in [2.45, 2.75) is 57.5 Å². The third kappa shape index (κ3) is 5.44. The van der Waals surface area contributed by atoms with E-state index in [9.17, 15) is 22.8 Å². The molecule has 6 rings (SSSR count). The Labute approximate surface area is 244 Å². The molecule has 1 saturated carbocycles. The molecule has 4 aromatic rings. The number of carbonyl (C=O) groups excluding carboxylic acids is 2. The van der Waals surface area contributed by atoms with Crippen molar-refractivity contribution in [3.8, 4) is 11.3 Å². The SMILES string of the molecule is CC(C)(C)OC(=O)N1C[C@@H]2CC1C(n1nc(-c3cccc(C(=O)Nc4ccc(C(F)(F)F)nc4)c3)c3c(N)ncnc31)C2. The van der Waals surface area contributed by atoms with Crippen LogP contribution in [0.15, 0.2) is 48.9 Å². The molecule has 3 atom stereocenters. The Morgan fingerprint density at radius 2 is 1.81 bits per heavy atom. The van der Waals surface area contributed by atoms with Crippen LogP contribution in [-0.4, -0.2) is 59.8 Å². The third-order valence-corrected chi connectivity index (χ3v) is 7.62. The van der Waals surface area contributed by atoms with Crippen LogP contribution < -0.4 is 11.1 Å². The molecular weight excluding hydrogens is 565 g/mol. The summed E-state index contributed by atoms with van der Waals surface area (Å²) in [6.45, 7) is 6.11. The summed E-state index contributed by atoms with van der Waals surface area (Å²) in [7, 11) is 0. The molecule has 4 heterocycles. The van der Waals surface area contributed by atoms with Crippen LogP contribution >= 0.6 is 0 Å². The third-order valence-electron chi connectivity index (χ3n) is 7.62. The van der Waals surface area contributed by atoms with Crippen LogP contribution in [0.5, 0.6) is 0 Å². The number of piperidine rings is 1. The Morgan fingerprint density at radius 3 is 2.49 bits per heavy atom. The second-order valence-electron chi connectivity index (χ2n) is 11.8. The largest absolute Gasteiger partial charge is 0.444 e. The number of amides is 2. The molecule has 14 heteroatoms. The van der Waals surface area contributed by atoms with Gasteiger partial charge in [-0.05, 0) is 63.8 Å². The Bertz CT molecular complexity index is 1710. The maximum atomic E-state index is 13.0. The van der Waals surface area contributed by atoms with E-state index < -0.39 is 23.4 Å². The number of likely N-dealkylation sites (tertiary alicyclic amines) is 1. The molecule has 43 heavy (non-hydrogen) atoms. The van der Waals surface area contributed by atoms with Gasteiger partial charge < -0.3 is 20.7 Å². The lowest BCUT2D eigenvalue weighted by Gasteiger charge is -2.34. The molecule has 1 saturated heterocycles. The molecule has 1 aliphatic carbocycles. The van der Waals surface area contributed by atoms with Crippen LogP contribution in [0, 0.1) is 5.92 Å². The first-order valence-corrected chi connectivity index (χ1v) is 13.7. The molecule has 2 unspecified atom stereocenters. The molecule has 2 fully saturated rings.